The minimum atomic E-state index is -0.396. The Hall–Kier alpha value is -2.99. The van der Waals surface area contributed by atoms with Crippen LogP contribution >= 0.6 is 0 Å². The first kappa shape index (κ1) is 17.4. The monoisotopic (exact) mass is 363 g/mol. The number of para-hydroxylation sites is 2. The van der Waals surface area contributed by atoms with E-state index >= 15 is 0 Å². The second-order valence-electron chi connectivity index (χ2n) is 6.65. The zero-order valence-electron chi connectivity index (χ0n) is 15.4. The first-order valence-corrected chi connectivity index (χ1v) is 9.23. The van der Waals surface area contributed by atoms with Crippen LogP contribution in [0.15, 0.2) is 56.8 Å². The van der Waals surface area contributed by atoms with Gasteiger partial charge in [-0.1, -0.05) is 32.0 Å². The van der Waals surface area contributed by atoms with Crippen LogP contribution in [0.3, 0.4) is 0 Å². The smallest absolute Gasteiger partial charge is 0.302 e. The van der Waals surface area contributed by atoms with Gasteiger partial charge in [-0.2, -0.15) is 0 Å². The third kappa shape index (κ3) is 2.56. The topological polar surface area (TPSA) is 63.8 Å². The third-order valence-corrected chi connectivity index (χ3v) is 5.33. The molecule has 0 saturated carbocycles. The van der Waals surface area contributed by atoms with Gasteiger partial charge in [-0.25, -0.2) is 4.79 Å². The van der Waals surface area contributed by atoms with E-state index in [9.17, 15) is 14.4 Å². The quantitative estimate of drug-likeness (QED) is 0.401. The van der Waals surface area contributed by atoms with Gasteiger partial charge >= 0.3 is 5.69 Å². The van der Waals surface area contributed by atoms with E-state index in [1.165, 1.54) is 8.97 Å². The average Bonchev–Trinajstić information content (AvgIpc) is 2.70. The fourth-order valence-corrected chi connectivity index (χ4v) is 3.80. The van der Waals surface area contributed by atoms with E-state index in [2.05, 4.69) is 18.7 Å². The molecule has 0 aliphatic rings. The molecule has 0 saturated heterocycles. The molecule has 0 unspecified atom stereocenters. The number of nitrogens with zero attached hydrogens (tertiary/aromatic N) is 3. The summed E-state index contributed by atoms with van der Waals surface area (Å²) in [6.07, 6.45) is 0. The summed E-state index contributed by atoms with van der Waals surface area (Å²) < 4.78 is 2.81. The van der Waals surface area contributed by atoms with Crippen LogP contribution in [0.25, 0.3) is 27.2 Å². The Labute approximate surface area is 155 Å². The molecule has 0 amide bonds. The molecule has 0 aliphatic heterocycles. The Balaban J connectivity index is 2.13. The summed E-state index contributed by atoms with van der Waals surface area (Å²) in [5, 5.41) is 1.28. The van der Waals surface area contributed by atoms with E-state index in [4.69, 9.17) is 0 Å². The molecular formula is C21H21N3O3. The zero-order valence-corrected chi connectivity index (χ0v) is 15.4. The molecule has 0 spiro atoms. The molecule has 0 atom stereocenters. The molecule has 4 rings (SSSR count). The highest BCUT2D eigenvalue weighted by atomic mass is 16.2. The summed E-state index contributed by atoms with van der Waals surface area (Å²) in [6, 6.07) is 12.1. The highest BCUT2D eigenvalue weighted by Gasteiger charge is 2.18. The molecule has 0 aliphatic carbocycles. The normalized spacial score (nSPS) is 12.0. The molecule has 27 heavy (non-hydrogen) atoms. The Morgan fingerprint density at radius 2 is 1.52 bits per heavy atom. The molecule has 2 aromatic heterocycles. The molecule has 4 aromatic rings. The van der Waals surface area contributed by atoms with E-state index in [0.717, 1.165) is 13.1 Å². The molecule has 6 nitrogen and oxygen atoms in total. The van der Waals surface area contributed by atoms with Crippen LogP contribution in [0.1, 0.15) is 13.8 Å². The van der Waals surface area contributed by atoms with Crippen molar-refractivity contribution in [1.82, 2.24) is 13.9 Å². The van der Waals surface area contributed by atoms with Gasteiger partial charge in [0.15, 0.2) is 5.43 Å². The Bertz CT molecular complexity index is 1320. The lowest BCUT2D eigenvalue weighted by Gasteiger charge is -2.19. The number of likely N-dealkylation sites (N-methyl/N-ethyl adjacent to an activating group) is 1. The third-order valence-electron chi connectivity index (χ3n) is 5.33. The maximum absolute atomic E-state index is 13.3. The largest absolute Gasteiger partial charge is 0.336 e. The summed E-state index contributed by atoms with van der Waals surface area (Å²) in [6.45, 7) is 6.75. The minimum Gasteiger partial charge on any atom is -0.302 e. The van der Waals surface area contributed by atoms with Crippen LogP contribution in [-0.2, 0) is 6.54 Å². The summed E-state index contributed by atoms with van der Waals surface area (Å²) in [5.41, 5.74) is 0.0541. The molecule has 138 valence electrons. The molecule has 0 radical (unpaired) electrons. The average molecular weight is 363 g/mol. The van der Waals surface area contributed by atoms with Gasteiger partial charge in [-0.05, 0) is 37.4 Å². The Kier molecular flexibility index (Phi) is 4.28. The van der Waals surface area contributed by atoms with Crippen molar-refractivity contribution in [2.24, 2.45) is 0 Å². The Morgan fingerprint density at radius 3 is 2.26 bits per heavy atom. The van der Waals surface area contributed by atoms with Crippen LogP contribution in [-0.4, -0.2) is 33.5 Å². The fourth-order valence-electron chi connectivity index (χ4n) is 3.80. The van der Waals surface area contributed by atoms with Gasteiger partial charge in [-0.3, -0.25) is 18.6 Å². The molecule has 2 heterocycles. The van der Waals surface area contributed by atoms with Crippen molar-refractivity contribution < 1.29 is 0 Å². The summed E-state index contributed by atoms with van der Waals surface area (Å²) in [7, 11) is 0. The van der Waals surface area contributed by atoms with Crippen LogP contribution < -0.4 is 16.7 Å². The summed E-state index contributed by atoms with van der Waals surface area (Å²) in [4.78, 5) is 41.3. The number of hydrogen-bond donors (Lipinski definition) is 0. The van der Waals surface area contributed by atoms with Gasteiger partial charge < -0.3 is 4.90 Å². The van der Waals surface area contributed by atoms with Crippen LogP contribution in [0.2, 0.25) is 0 Å². The van der Waals surface area contributed by atoms with Crippen molar-refractivity contribution in [2.45, 2.75) is 20.4 Å². The SMILES string of the molecule is CCN(CC)CCn1c(=O)c2cccc3c(=O)c4ccccc4n(c1=O)c32. The lowest BCUT2D eigenvalue weighted by molar-refractivity contribution is 0.287. The maximum atomic E-state index is 13.3. The van der Waals surface area contributed by atoms with Gasteiger partial charge in [0.1, 0.15) is 0 Å². The van der Waals surface area contributed by atoms with E-state index in [0.29, 0.717) is 40.3 Å². The molecule has 2 aromatic carbocycles. The molecule has 0 N–H and O–H groups in total. The van der Waals surface area contributed by atoms with Gasteiger partial charge in [0.25, 0.3) is 5.56 Å². The number of aromatic nitrogens is 2. The van der Waals surface area contributed by atoms with Gasteiger partial charge in [0.2, 0.25) is 0 Å². The predicted molar refractivity (Wildman–Crippen MR) is 108 cm³/mol. The van der Waals surface area contributed by atoms with E-state index in [-0.39, 0.29) is 11.0 Å². The predicted octanol–water partition coefficient (Wildman–Crippen LogP) is 1.91. The summed E-state index contributed by atoms with van der Waals surface area (Å²) in [5.74, 6) is 0. The fraction of sp³-hybridized carbons (Fsp3) is 0.286. The first-order valence-electron chi connectivity index (χ1n) is 9.23. The van der Waals surface area contributed by atoms with Crippen molar-refractivity contribution in [3.8, 4) is 0 Å². The van der Waals surface area contributed by atoms with Crippen molar-refractivity contribution in [2.75, 3.05) is 19.6 Å². The van der Waals surface area contributed by atoms with Crippen molar-refractivity contribution in [1.29, 1.82) is 0 Å². The number of pyridine rings is 1. The first-order chi connectivity index (χ1) is 13.1. The van der Waals surface area contributed by atoms with Gasteiger partial charge in [0.05, 0.1) is 16.4 Å². The maximum Gasteiger partial charge on any atom is 0.336 e. The zero-order chi connectivity index (χ0) is 19.1. The number of fused-ring (bicyclic) bond motifs is 2. The number of benzene rings is 2. The van der Waals surface area contributed by atoms with Crippen LogP contribution in [0.4, 0.5) is 0 Å². The van der Waals surface area contributed by atoms with Crippen LogP contribution in [0, 0.1) is 0 Å². The summed E-state index contributed by atoms with van der Waals surface area (Å²) >= 11 is 0. The molecule has 6 heteroatoms. The second-order valence-corrected chi connectivity index (χ2v) is 6.65. The van der Waals surface area contributed by atoms with Gasteiger partial charge in [0, 0.05) is 23.9 Å². The van der Waals surface area contributed by atoms with Crippen molar-refractivity contribution >= 4 is 27.2 Å². The van der Waals surface area contributed by atoms with E-state index in [1.54, 1.807) is 42.5 Å². The van der Waals surface area contributed by atoms with E-state index < -0.39 is 5.69 Å². The highest BCUT2D eigenvalue weighted by molar-refractivity contribution is 6.01. The van der Waals surface area contributed by atoms with Crippen LogP contribution in [0.5, 0.6) is 0 Å². The highest BCUT2D eigenvalue weighted by Crippen LogP contribution is 2.19. The Morgan fingerprint density at radius 1 is 0.852 bits per heavy atom. The number of hydrogen-bond acceptors (Lipinski definition) is 4. The molecule has 0 bridgehead atoms. The van der Waals surface area contributed by atoms with E-state index in [1.807, 2.05) is 0 Å². The molecular weight excluding hydrogens is 342 g/mol. The van der Waals surface area contributed by atoms with Gasteiger partial charge in [-0.15, -0.1) is 0 Å². The molecule has 0 fully saturated rings. The standard InChI is InChI=1S/C21H21N3O3/c1-3-22(4-2)12-13-23-20(26)16-10-7-9-15-18(16)24(21(23)27)17-11-6-5-8-14(17)19(15)25/h5-11H,3-4,12-13H2,1-2H3. The minimum absolute atomic E-state index is 0.157. The van der Waals surface area contributed by atoms with Crippen molar-refractivity contribution in [3.63, 3.8) is 0 Å². The lowest BCUT2D eigenvalue weighted by atomic mass is 10.1. The number of rotatable bonds is 5. The lowest BCUT2D eigenvalue weighted by Crippen LogP contribution is -2.41. The second kappa shape index (κ2) is 6.63. The van der Waals surface area contributed by atoms with Crippen molar-refractivity contribution in [3.05, 3.63) is 73.5 Å².